The van der Waals surface area contributed by atoms with Crippen LogP contribution in [0.25, 0.3) is 0 Å². The van der Waals surface area contributed by atoms with E-state index in [1.165, 1.54) is 0 Å². The number of anilines is 2. The predicted molar refractivity (Wildman–Crippen MR) is 98.1 cm³/mol. The standard InChI is InChI=1S/C18H21ClN4O/c1-13-3-4-14(11-16(13)19)21-18(24)17-12-15(5-6-20-17)23-9-7-22(2)8-10-23/h3-6,11-12H,7-10H2,1-2H3,(H,21,24). The summed E-state index contributed by atoms with van der Waals surface area (Å²) in [5.41, 5.74) is 3.08. The zero-order valence-electron chi connectivity index (χ0n) is 13.9. The fourth-order valence-corrected chi connectivity index (χ4v) is 2.85. The van der Waals surface area contributed by atoms with Crippen molar-refractivity contribution in [2.75, 3.05) is 43.4 Å². The molecule has 1 aromatic heterocycles. The topological polar surface area (TPSA) is 48.5 Å². The first-order valence-corrected chi connectivity index (χ1v) is 8.38. The Morgan fingerprint density at radius 2 is 1.92 bits per heavy atom. The maximum atomic E-state index is 12.5. The molecule has 2 aromatic rings. The maximum Gasteiger partial charge on any atom is 0.274 e. The lowest BCUT2D eigenvalue weighted by Gasteiger charge is -2.34. The minimum atomic E-state index is -0.231. The van der Waals surface area contributed by atoms with Crippen LogP contribution in [0.3, 0.4) is 0 Å². The summed E-state index contributed by atoms with van der Waals surface area (Å²) in [5.74, 6) is -0.231. The van der Waals surface area contributed by atoms with Crippen molar-refractivity contribution in [3.63, 3.8) is 0 Å². The summed E-state index contributed by atoms with van der Waals surface area (Å²) in [5, 5.41) is 3.48. The summed E-state index contributed by atoms with van der Waals surface area (Å²) >= 11 is 6.10. The van der Waals surface area contributed by atoms with Crippen LogP contribution in [0.2, 0.25) is 5.02 Å². The fraction of sp³-hybridized carbons (Fsp3) is 0.333. The summed E-state index contributed by atoms with van der Waals surface area (Å²) in [6.45, 7) is 5.87. The molecule has 126 valence electrons. The average molecular weight is 345 g/mol. The van der Waals surface area contributed by atoms with Crippen LogP contribution in [0.4, 0.5) is 11.4 Å². The molecule has 5 nitrogen and oxygen atoms in total. The Kier molecular flexibility index (Phi) is 5.02. The molecule has 2 heterocycles. The van der Waals surface area contributed by atoms with Crippen molar-refractivity contribution in [3.05, 3.63) is 52.8 Å². The van der Waals surface area contributed by atoms with Crippen LogP contribution in [-0.4, -0.2) is 49.0 Å². The second-order valence-corrected chi connectivity index (χ2v) is 6.51. The third-order valence-electron chi connectivity index (χ3n) is 4.27. The number of aromatic nitrogens is 1. The number of piperazine rings is 1. The number of carbonyl (C=O) groups is 1. The number of aryl methyl sites for hydroxylation is 1. The summed E-state index contributed by atoms with van der Waals surface area (Å²) < 4.78 is 0. The first-order valence-electron chi connectivity index (χ1n) is 8.00. The molecular weight excluding hydrogens is 324 g/mol. The van der Waals surface area contributed by atoms with Crippen molar-refractivity contribution in [3.8, 4) is 0 Å². The number of carbonyl (C=O) groups excluding carboxylic acids is 1. The first kappa shape index (κ1) is 16.7. The van der Waals surface area contributed by atoms with Crippen molar-refractivity contribution < 1.29 is 4.79 Å². The smallest absolute Gasteiger partial charge is 0.274 e. The van der Waals surface area contributed by atoms with Crippen LogP contribution in [0.15, 0.2) is 36.5 Å². The van der Waals surface area contributed by atoms with E-state index in [9.17, 15) is 4.79 Å². The van der Waals surface area contributed by atoms with E-state index in [-0.39, 0.29) is 5.91 Å². The van der Waals surface area contributed by atoms with Crippen LogP contribution in [0, 0.1) is 6.92 Å². The number of amides is 1. The minimum Gasteiger partial charge on any atom is -0.369 e. The molecule has 1 N–H and O–H groups in total. The van der Waals surface area contributed by atoms with Gasteiger partial charge in [0, 0.05) is 48.8 Å². The van der Waals surface area contributed by atoms with Gasteiger partial charge in [-0.1, -0.05) is 17.7 Å². The number of benzene rings is 1. The molecule has 0 atom stereocenters. The largest absolute Gasteiger partial charge is 0.369 e. The van der Waals surface area contributed by atoms with E-state index in [2.05, 4.69) is 27.1 Å². The molecule has 0 unspecified atom stereocenters. The van der Waals surface area contributed by atoms with Crippen molar-refractivity contribution in [2.45, 2.75) is 6.92 Å². The number of hydrogen-bond acceptors (Lipinski definition) is 4. The highest BCUT2D eigenvalue weighted by atomic mass is 35.5. The summed E-state index contributed by atoms with van der Waals surface area (Å²) in [4.78, 5) is 21.2. The van der Waals surface area contributed by atoms with Gasteiger partial charge >= 0.3 is 0 Å². The lowest BCUT2D eigenvalue weighted by atomic mass is 10.2. The highest BCUT2D eigenvalue weighted by Crippen LogP contribution is 2.21. The first-order chi connectivity index (χ1) is 11.5. The van der Waals surface area contributed by atoms with Crippen molar-refractivity contribution in [2.24, 2.45) is 0 Å². The lowest BCUT2D eigenvalue weighted by molar-refractivity contribution is 0.102. The number of likely N-dealkylation sites (N-methyl/N-ethyl adjacent to an activating group) is 1. The molecule has 3 rings (SSSR count). The number of pyridine rings is 1. The maximum absolute atomic E-state index is 12.5. The number of halogens is 1. The molecule has 0 aliphatic carbocycles. The molecule has 1 aliphatic rings. The number of hydrogen-bond donors (Lipinski definition) is 1. The second-order valence-electron chi connectivity index (χ2n) is 6.11. The second kappa shape index (κ2) is 7.20. The molecule has 0 radical (unpaired) electrons. The molecular formula is C18H21ClN4O. The highest BCUT2D eigenvalue weighted by molar-refractivity contribution is 6.31. The van der Waals surface area contributed by atoms with Gasteiger partial charge in [0.15, 0.2) is 0 Å². The third kappa shape index (κ3) is 3.86. The average Bonchev–Trinajstić information content (AvgIpc) is 2.59. The Bertz CT molecular complexity index is 742. The summed E-state index contributed by atoms with van der Waals surface area (Å²) in [7, 11) is 2.12. The van der Waals surface area contributed by atoms with Crippen LogP contribution in [0.5, 0.6) is 0 Å². The molecule has 1 fully saturated rings. The molecule has 1 amide bonds. The van der Waals surface area contributed by atoms with E-state index >= 15 is 0 Å². The van der Waals surface area contributed by atoms with Crippen molar-refractivity contribution in [1.29, 1.82) is 0 Å². The zero-order valence-corrected chi connectivity index (χ0v) is 14.7. The Morgan fingerprint density at radius 3 is 2.62 bits per heavy atom. The molecule has 1 aromatic carbocycles. The number of nitrogens with one attached hydrogen (secondary N) is 1. The SMILES string of the molecule is Cc1ccc(NC(=O)c2cc(N3CCN(C)CC3)ccn2)cc1Cl. The van der Waals surface area contributed by atoms with Crippen LogP contribution in [-0.2, 0) is 0 Å². The van der Waals surface area contributed by atoms with E-state index in [0.29, 0.717) is 16.4 Å². The van der Waals surface area contributed by atoms with Crippen molar-refractivity contribution in [1.82, 2.24) is 9.88 Å². The van der Waals surface area contributed by atoms with Gasteiger partial charge in [0.1, 0.15) is 5.69 Å². The highest BCUT2D eigenvalue weighted by Gasteiger charge is 2.16. The summed E-state index contributed by atoms with van der Waals surface area (Å²) in [6.07, 6.45) is 1.69. The van der Waals surface area contributed by atoms with Gasteiger partial charge in [-0.2, -0.15) is 0 Å². The van der Waals surface area contributed by atoms with Gasteiger partial charge in [0.25, 0.3) is 5.91 Å². The zero-order chi connectivity index (χ0) is 17.1. The molecule has 0 spiro atoms. The Hall–Kier alpha value is -2.11. The number of nitrogens with zero attached hydrogens (tertiary/aromatic N) is 3. The van der Waals surface area contributed by atoms with Gasteiger partial charge in [-0.3, -0.25) is 9.78 Å². The van der Waals surface area contributed by atoms with Crippen LogP contribution in [0.1, 0.15) is 16.1 Å². The quantitative estimate of drug-likeness (QED) is 0.929. The Morgan fingerprint density at radius 1 is 1.17 bits per heavy atom. The molecule has 0 bridgehead atoms. The normalized spacial score (nSPS) is 15.4. The lowest BCUT2D eigenvalue weighted by Crippen LogP contribution is -2.44. The fourth-order valence-electron chi connectivity index (χ4n) is 2.67. The van der Waals surface area contributed by atoms with E-state index in [0.717, 1.165) is 37.4 Å². The van der Waals surface area contributed by atoms with Crippen LogP contribution < -0.4 is 10.2 Å². The number of rotatable bonds is 3. The van der Waals surface area contributed by atoms with Gasteiger partial charge in [-0.15, -0.1) is 0 Å². The van der Waals surface area contributed by atoms with Gasteiger partial charge in [-0.25, -0.2) is 0 Å². The van der Waals surface area contributed by atoms with E-state index in [1.807, 2.05) is 31.2 Å². The molecule has 6 heteroatoms. The van der Waals surface area contributed by atoms with Gasteiger partial charge < -0.3 is 15.1 Å². The van der Waals surface area contributed by atoms with Crippen LogP contribution >= 0.6 is 11.6 Å². The van der Waals surface area contributed by atoms with Crippen molar-refractivity contribution >= 4 is 28.9 Å². The summed E-state index contributed by atoms with van der Waals surface area (Å²) in [6, 6.07) is 9.26. The van der Waals surface area contributed by atoms with Gasteiger partial charge in [0.2, 0.25) is 0 Å². The molecule has 24 heavy (non-hydrogen) atoms. The van der Waals surface area contributed by atoms with E-state index in [1.54, 1.807) is 12.3 Å². The predicted octanol–water partition coefficient (Wildman–Crippen LogP) is 3.05. The Balaban J connectivity index is 1.73. The molecule has 1 aliphatic heterocycles. The minimum absolute atomic E-state index is 0.231. The van der Waals surface area contributed by atoms with Gasteiger partial charge in [-0.05, 0) is 43.8 Å². The molecule has 0 saturated carbocycles. The van der Waals surface area contributed by atoms with E-state index in [4.69, 9.17) is 11.6 Å². The van der Waals surface area contributed by atoms with Gasteiger partial charge in [0.05, 0.1) is 0 Å². The Labute approximate surface area is 147 Å². The monoisotopic (exact) mass is 344 g/mol. The molecule has 1 saturated heterocycles. The van der Waals surface area contributed by atoms with E-state index < -0.39 is 0 Å². The third-order valence-corrected chi connectivity index (χ3v) is 4.68.